The summed E-state index contributed by atoms with van der Waals surface area (Å²) >= 11 is 3.42. The van der Waals surface area contributed by atoms with Crippen molar-refractivity contribution in [3.05, 3.63) is 46.5 Å². The Morgan fingerprint density at radius 2 is 1.83 bits per heavy atom. The summed E-state index contributed by atoms with van der Waals surface area (Å²) in [5.74, 6) is 0.691. The first-order valence-electron chi connectivity index (χ1n) is 7.38. The lowest BCUT2D eigenvalue weighted by Crippen LogP contribution is -2.44. The molecule has 1 amide bonds. The van der Waals surface area contributed by atoms with Crippen molar-refractivity contribution in [2.24, 2.45) is 4.99 Å². The lowest BCUT2D eigenvalue weighted by Gasteiger charge is -2.23. The summed E-state index contributed by atoms with van der Waals surface area (Å²) in [7, 11) is 5.41. The number of amides is 1. The van der Waals surface area contributed by atoms with Crippen LogP contribution in [0.25, 0.3) is 0 Å². The Labute approximate surface area is 170 Å². The molecule has 0 heterocycles. The monoisotopic (exact) mass is 508 g/mol. The highest BCUT2D eigenvalue weighted by Crippen LogP contribution is 2.11. The molecule has 1 aromatic carbocycles. The van der Waals surface area contributed by atoms with Crippen LogP contribution in [0.2, 0.25) is 0 Å². The van der Waals surface area contributed by atoms with Crippen LogP contribution >= 0.6 is 39.9 Å². The number of nitrogens with zero attached hydrogens (tertiary/aromatic N) is 3. The molecule has 0 bridgehead atoms. The number of guanidine groups is 1. The Kier molecular flexibility index (Phi) is 10.9. The van der Waals surface area contributed by atoms with Gasteiger partial charge in [0, 0.05) is 32.2 Å². The summed E-state index contributed by atoms with van der Waals surface area (Å²) in [4.78, 5) is 19.9. The van der Waals surface area contributed by atoms with Gasteiger partial charge in [-0.05, 0) is 24.6 Å². The first kappa shape index (κ1) is 22.9. The van der Waals surface area contributed by atoms with Crippen LogP contribution in [0.5, 0.6) is 0 Å². The fourth-order valence-electron chi connectivity index (χ4n) is 1.86. The number of benzene rings is 1. The minimum Gasteiger partial charge on any atom is -0.347 e. The summed E-state index contributed by atoms with van der Waals surface area (Å²) in [5.41, 5.74) is 2.14. The minimum absolute atomic E-state index is 0. The Bertz CT molecular complexity index is 572. The van der Waals surface area contributed by atoms with Crippen molar-refractivity contribution < 1.29 is 4.79 Å². The Hall–Kier alpha value is -1.09. The number of hydrogen-bond donors (Lipinski definition) is 1. The molecular weight excluding hydrogens is 483 g/mol. The number of likely N-dealkylation sites (N-methyl/N-ethyl adjacent to an activating group) is 2. The maximum absolute atomic E-state index is 11.8. The van der Waals surface area contributed by atoms with Crippen molar-refractivity contribution in [2.45, 2.75) is 13.5 Å². The first-order chi connectivity index (χ1) is 10.8. The molecule has 7 heteroatoms. The van der Waals surface area contributed by atoms with Gasteiger partial charge in [-0.3, -0.25) is 4.79 Å². The van der Waals surface area contributed by atoms with Crippen molar-refractivity contribution in [1.82, 2.24) is 15.1 Å². The summed E-state index contributed by atoms with van der Waals surface area (Å²) in [6.07, 6.45) is 0. The second kappa shape index (κ2) is 11.5. The van der Waals surface area contributed by atoms with Gasteiger partial charge in [0.25, 0.3) is 0 Å². The SMILES string of the molecule is C=C(C)CN(C)C(=NCc1ccc(Br)cc1)NCC(=O)N(C)C.I. The minimum atomic E-state index is 0. The van der Waals surface area contributed by atoms with Crippen LogP contribution < -0.4 is 5.32 Å². The van der Waals surface area contributed by atoms with Crippen LogP contribution in [-0.2, 0) is 11.3 Å². The normalized spacial score (nSPS) is 10.6. The third-order valence-corrected chi connectivity index (χ3v) is 3.62. The van der Waals surface area contributed by atoms with E-state index in [9.17, 15) is 4.79 Å². The summed E-state index contributed by atoms with van der Waals surface area (Å²) in [6, 6.07) is 8.03. The van der Waals surface area contributed by atoms with Crippen LogP contribution in [-0.4, -0.2) is 55.9 Å². The number of halogens is 2. The number of carbonyl (C=O) groups is 1. The second-order valence-corrected chi connectivity index (χ2v) is 6.64. The van der Waals surface area contributed by atoms with E-state index >= 15 is 0 Å². The van der Waals surface area contributed by atoms with Gasteiger partial charge in [-0.25, -0.2) is 4.99 Å². The maximum Gasteiger partial charge on any atom is 0.241 e. The molecule has 0 radical (unpaired) electrons. The zero-order valence-corrected chi connectivity index (χ0v) is 18.6. The van der Waals surface area contributed by atoms with Gasteiger partial charge < -0.3 is 15.1 Å². The molecule has 0 unspecified atom stereocenters. The van der Waals surface area contributed by atoms with Crippen LogP contribution in [0, 0.1) is 0 Å². The Morgan fingerprint density at radius 3 is 2.33 bits per heavy atom. The van der Waals surface area contributed by atoms with Gasteiger partial charge in [0.2, 0.25) is 5.91 Å². The molecule has 5 nitrogen and oxygen atoms in total. The Balaban J connectivity index is 0.00000529. The molecule has 134 valence electrons. The fourth-order valence-corrected chi connectivity index (χ4v) is 2.12. The van der Waals surface area contributed by atoms with Crippen LogP contribution in [0.4, 0.5) is 0 Å². The highest BCUT2D eigenvalue weighted by Gasteiger charge is 2.10. The van der Waals surface area contributed by atoms with Crippen LogP contribution in [0.15, 0.2) is 45.9 Å². The molecule has 0 aliphatic carbocycles. The average Bonchev–Trinajstić information content (AvgIpc) is 2.47. The third kappa shape index (κ3) is 8.68. The molecule has 0 aliphatic rings. The molecule has 1 N–H and O–H groups in total. The second-order valence-electron chi connectivity index (χ2n) is 5.72. The lowest BCUT2D eigenvalue weighted by molar-refractivity contribution is -0.127. The van der Waals surface area contributed by atoms with Crippen molar-refractivity contribution in [1.29, 1.82) is 0 Å². The smallest absolute Gasteiger partial charge is 0.241 e. The van der Waals surface area contributed by atoms with E-state index in [4.69, 9.17) is 0 Å². The predicted octanol–water partition coefficient (Wildman–Crippen LogP) is 3.11. The van der Waals surface area contributed by atoms with E-state index in [-0.39, 0.29) is 36.4 Å². The molecule has 0 saturated carbocycles. The summed E-state index contributed by atoms with van der Waals surface area (Å²) < 4.78 is 1.04. The zero-order valence-electron chi connectivity index (χ0n) is 14.7. The largest absolute Gasteiger partial charge is 0.347 e. The fraction of sp³-hybridized carbons (Fsp3) is 0.412. The van der Waals surface area contributed by atoms with E-state index in [1.807, 2.05) is 43.1 Å². The number of rotatable bonds is 6. The average molecular weight is 509 g/mol. The standard InChI is InChI=1S/C17H25BrN4O.HI/c1-13(2)12-22(5)17(20-11-16(23)21(3)4)19-10-14-6-8-15(18)9-7-14;/h6-9H,1,10-12H2,2-5H3,(H,19,20);1H. The number of carbonyl (C=O) groups excluding carboxylic acids is 1. The number of hydrogen-bond acceptors (Lipinski definition) is 2. The maximum atomic E-state index is 11.8. The predicted molar refractivity (Wildman–Crippen MR) is 115 cm³/mol. The lowest BCUT2D eigenvalue weighted by atomic mass is 10.2. The highest BCUT2D eigenvalue weighted by atomic mass is 127. The molecule has 0 fully saturated rings. The van der Waals surface area contributed by atoms with Crippen molar-refractivity contribution in [3.63, 3.8) is 0 Å². The van der Waals surface area contributed by atoms with Gasteiger partial charge in [-0.15, -0.1) is 24.0 Å². The molecule has 0 aliphatic heterocycles. The molecule has 0 atom stereocenters. The van der Waals surface area contributed by atoms with E-state index in [1.54, 1.807) is 19.0 Å². The van der Waals surface area contributed by atoms with E-state index in [2.05, 4.69) is 32.8 Å². The highest BCUT2D eigenvalue weighted by molar-refractivity contribution is 14.0. The molecule has 1 aromatic rings. The van der Waals surface area contributed by atoms with Gasteiger partial charge in [0.1, 0.15) is 0 Å². The third-order valence-electron chi connectivity index (χ3n) is 3.09. The van der Waals surface area contributed by atoms with Gasteiger partial charge in [-0.2, -0.15) is 0 Å². The summed E-state index contributed by atoms with van der Waals surface area (Å²) in [5, 5.41) is 3.12. The first-order valence-corrected chi connectivity index (χ1v) is 8.17. The van der Waals surface area contributed by atoms with Gasteiger partial charge >= 0.3 is 0 Å². The van der Waals surface area contributed by atoms with Crippen molar-refractivity contribution >= 4 is 51.8 Å². The van der Waals surface area contributed by atoms with Gasteiger partial charge in [-0.1, -0.05) is 40.2 Å². The summed E-state index contributed by atoms with van der Waals surface area (Å²) in [6.45, 7) is 7.34. The number of nitrogens with one attached hydrogen (secondary N) is 1. The van der Waals surface area contributed by atoms with Gasteiger partial charge in [0.05, 0.1) is 13.1 Å². The van der Waals surface area contributed by atoms with E-state index in [1.165, 1.54) is 0 Å². The van der Waals surface area contributed by atoms with E-state index in [0.29, 0.717) is 19.0 Å². The molecular formula is C17H26BrIN4O. The van der Waals surface area contributed by atoms with Crippen LogP contribution in [0.1, 0.15) is 12.5 Å². The van der Waals surface area contributed by atoms with E-state index < -0.39 is 0 Å². The Morgan fingerprint density at radius 1 is 1.25 bits per heavy atom. The topological polar surface area (TPSA) is 47.9 Å². The van der Waals surface area contributed by atoms with Crippen molar-refractivity contribution in [3.8, 4) is 0 Å². The number of aliphatic imine (C=N–C) groups is 1. The molecule has 0 saturated heterocycles. The molecule has 0 aromatic heterocycles. The van der Waals surface area contributed by atoms with Crippen molar-refractivity contribution in [2.75, 3.05) is 34.2 Å². The van der Waals surface area contributed by atoms with Gasteiger partial charge in [0.15, 0.2) is 5.96 Å². The zero-order chi connectivity index (χ0) is 17.4. The molecule has 0 spiro atoms. The van der Waals surface area contributed by atoms with E-state index in [0.717, 1.165) is 15.6 Å². The quantitative estimate of drug-likeness (QED) is 0.278. The molecule has 1 rings (SSSR count). The van der Waals surface area contributed by atoms with Crippen LogP contribution in [0.3, 0.4) is 0 Å². The molecule has 24 heavy (non-hydrogen) atoms.